The lowest BCUT2D eigenvalue weighted by molar-refractivity contribution is -0.140. The molecule has 10 heteroatoms. The summed E-state index contributed by atoms with van der Waals surface area (Å²) in [4.78, 5) is 23.1. The molecule has 0 fully saturated rings. The van der Waals surface area contributed by atoms with Gasteiger partial charge in [0.15, 0.2) is 0 Å². The van der Waals surface area contributed by atoms with E-state index in [1.165, 1.54) is 7.11 Å². The van der Waals surface area contributed by atoms with Crippen LogP contribution >= 0.6 is 0 Å². The monoisotopic (exact) mass is 560 g/mol. The number of carbonyl (C=O) groups is 1. The van der Waals surface area contributed by atoms with Crippen LogP contribution in [0.15, 0.2) is 55.0 Å². The summed E-state index contributed by atoms with van der Waals surface area (Å²) in [6.45, 7) is 6.58. The van der Waals surface area contributed by atoms with Gasteiger partial charge in [0, 0.05) is 73.4 Å². The van der Waals surface area contributed by atoms with Crippen LogP contribution in [0.3, 0.4) is 0 Å². The summed E-state index contributed by atoms with van der Waals surface area (Å²) < 4.78 is 17.7. The third kappa shape index (κ3) is 8.17. The van der Waals surface area contributed by atoms with E-state index in [0.717, 1.165) is 84.1 Å². The number of nitrogens with one attached hydrogen (secondary N) is 1. The molecular weight excluding hydrogens is 520 g/mol. The molecule has 0 spiro atoms. The molecule has 0 saturated carbocycles. The molecule has 0 aliphatic rings. The number of hydrogen-bond acceptors (Lipinski definition) is 9. The maximum absolute atomic E-state index is 11.3. The topological polar surface area (TPSA) is 104 Å². The molecule has 4 rings (SSSR count). The summed E-state index contributed by atoms with van der Waals surface area (Å²) in [7, 11) is 4.73. The second-order valence-electron chi connectivity index (χ2n) is 10.1. The molecule has 0 atom stereocenters. The Morgan fingerprint density at radius 2 is 1.73 bits per heavy atom. The molecular formula is C31H40N6O4. The summed E-state index contributed by atoms with van der Waals surface area (Å²) in [5, 5.41) is 8.02. The van der Waals surface area contributed by atoms with E-state index in [1.807, 2.05) is 41.3 Å². The van der Waals surface area contributed by atoms with Gasteiger partial charge in [0.2, 0.25) is 0 Å². The number of aryl methyl sites for hydroxylation is 1. The van der Waals surface area contributed by atoms with Crippen molar-refractivity contribution in [3.8, 4) is 22.8 Å². The lowest BCUT2D eigenvalue weighted by atomic mass is 10.2. The van der Waals surface area contributed by atoms with Crippen molar-refractivity contribution in [1.29, 1.82) is 0 Å². The molecule has 1 N–H and O–H groups in total. The fourth-order valence-corrected chi connectivity index (χ4v) is 4.57. The fourth-order valence-electron chi connectivity index (χ4n) is 4.57. The maximum atomic E-state index is 11.3. The molecule has 41 heavy (non-hydrogen) atoms. The molecule has 0 unspecified atom stereocenters. The summed E-state index contributed by atoms with van der Waals surface area (Å²) in [6.07, 6.45) is 8.73. The molecule has 0 amide bonds. The Bertz CT molecular complexity index is 1420. The Hall–Kier alpha value is -4.18. The fraction of sp³-hybridized carbons (Fsp3) is 0.419. The summed E-state index contributed by atoms with van der Waals surface area (Å²) in [6, 6.07) is 12.4. The lowest BCUT2D eigenvalue weighted by Crippen LogP contribution is -2.32. The van der Waals surface area contributed by atoms with Crippen LogP contribution in [0.1, 0.15) is 39.5 Å². The van der Waals surface area contributed by atoms with Crippen LogP contribution in [-0.4, -0.2) is 66.2 Å². The van der Waals surface area contributed by atoms with Crippen molar-refractivity contribution in [2.45, 2.75) is 52.1 Å². The highest BCUT2D eigenvalue weighted by atomic mass is 16.5. The first kappa shape index (κ1) is 29.8. The number of benzene rings is 2. The van der Waals surface area contributed by atoms with E-state index in [9.17, 15) is 4.79 Å². The standard InChI is InChI=1S/C31H40N6O4/c1-22(2)32-12-14-37(25-15-26(39-3)18-27(16-25)40-4)24-10-11-28-29(17-24)35-30(20-33-28)23-19-34-36(21-23)13-8-6-7-9-31(38)41-5/h10-11,15-22,32H,6-9,12-14H2,1-5H3. The van der Waals surface area contributed by atoms with Crippen LogP contribution in [0, 0.1) is 0 Å². The van der Waals surface area contributed by atoms with Crippen molar-refractivity contribution in [2.75, 3.05) is 39.3 Å². The number of esters is 1. The van der Waals surface area contributed by atoms with Gasteiger partial charge in [-0.1, -0.05) is 20.3 Å². The summed E-state index contributed by atoms with van der Waals surface area (Å²) in [5.41, 5.74) is 5.25. The van der Waals surface area contributed by atoms with Crippen molar-refractivity contribution in [3.63, 3.8) is 0 Å². The minimum atomic E-state index is -0.164. The Morgan fingerprint density at radius 3 is 2.44 bits per heavy atom. The van der Waals surface area contributed by atoms with Crippen LogP contribution in [-0.2, 0) is 16.1 Å². The molecule has 4 aromatic rings. The molecule has 218 valence electrons. The molecule has 10 nitrogen and oxygen atoms in total. The van der Waals surface area contributed by atoms with Crippen molar-refractivity contribution in [3.05, 3.63) is 55.0 Å². The minimum absolute atomic E-state index is 0.164. The third-order valence-corrected chi connectivity index (χ3v) is 6.80. The number of ether oxygens (including phenoxy) is 3. The first-order valence-electron chi connectivity index (χ1n) is 14.0. The van der Waals surface area contributed by atoms with Crippen molar-refractivity contribution in [2.24, 2.45) is 0 Å². The van der Waals surface area contributed by atoms with E-state index in [-0.39, 0.29) is 5.97 Å². The van der Waals surface area contributed by atoms with Gasteiger partial charge in [-0.15, -0.1) is 0 Å². The predicted molar refractivity (Wildman–Crippen MR) is 161 cm³/mol. The van der Waals surface area contributed by atoms with Gasteiger partial charge in [-0.2, -0.15) is 5.10 Å². The smallest absolute Gasteiger partial charge is 0.305 e. The average molecular weight is 561 g/mol. The van der Waals surface area contributed by atoms with E-state index < -0.39 is 0 Å². The second kappa shape index (κ2) is 14.5. The molecule has 2 aromatic heterocycles. The van der Waals surface area contributed by atoms with Gasteiger partial charge >= 0.3 is 5.97 Å². The van der Waals surface area contributed by atoms with Crippen LogP contribution in [0.25, 0.3) is 22.3 Å². The lowest BCUT2D eigenvalue weighted by Gasteiger charge is -2.27. The van der Waals surface area contributed by atoms with E-state index in [4.69, 9.17) is 19.2 Å². The van der Waals surface area contributed by atoms with Crippen LogP contribution in [0.4, 0.5) is 11.4 Å². The zero-order chi connectivity index (χ0) is 29.2. The molecule has 2 heterocycles. The zero-order valence-corrected chi connectivity index (χ0v) is 24.6. The number of rotatable bonds is 15. The second-order valence-corrected chi connectivity index (χ2v) is 10.1. The van der Waals surface area contributed by atoms with Gasteiger partial charge in [0.05, 0.1) is 50.5 Å². The van der Waals surface area contributed by atoms with Gasteiger partial charge in [-0.3, -0.25) is 14.5 Å². The first-order valence-corrected chi connectivity index (χ1v) is 14.0. The van der Waals surface area contributed by atoms with Crippen molar-refractivity contribution < 1.29 is 19.0 Å². The van der Waals surface area contributed by atoms with Crippen molar-refractivity contribution in [1.82, 2.24) is 25.1 Å². The summed E-state index contributed by atoms with van der Waals surface area (Å²) >= 11 is 0. The minimum Gasteiger partial charge on any atom is -0.497 e. The van der Waals surface area contributed by atoms with Crippen LogP contribution in [0.5, 0.6) is 11.5 Å². The highest BCUT2D eigenvalue weighted by molar-refractivity contribution is 5.82. The van der Waals surface area contributed by atoms with Crippen molar-refractivity contribution >= 4 is 28.4 Å². The maximum Gasteiger partial charge on any atom is 0.305 e. The highest BCUT2D eigenvalue weighted by Crippen LogP contribution is 2.34. The number of fused-ring (bicyclic) bond motifs is 1. The third-order valence-electron chi connectivity index (χ3n) is 6.80. The molecule has 0 aliphatic heterocycles. The number of hydrogen-bond donors (Lipinski definition) is 1. The number of aromatic nitrogens is 4. The molecule has 0 saturated heterocycles. The number of carbonyl (C=O) groups excluding carboxylic acids is 1. The zero-order valence-electron chi connectivity index (χ0n) is 24.6. The first-order chi connectivity index (χ1) is 19.9. The quantitative estimate of drug-likeness (QED) is 0.152. The number of unbranched alkanes of at least 4 members (excludes halogenated alkanes) is 2. The van der Waals surface area contributed by atoms with E-state index in [0.29, 0.717) is 12.5 Å². The normalized spacial score (nSPS) is 11.2. The molecule has 2 aromatic carbocycles. The van der Waals surface area contributed by atoms with Gasteiger partial charge in [0.25, 0.3) is 0 Å². The largest absolute Gasteiger partial charge is 0.497 e. The predicted octanol–water partition coefficient (Wildman–Crippen LogP) is 5.38. The van der Waals surface area contributed by atoms with Crippen LogP contribution in [0.2, 0.25) is 0 Å². The Morgan fingerprint density at radius 1 is 0.951 bits per heavy atom. The SMILES string of the molecule is COC(=O)CCCCCn1cc(-c2cnc3ccc(N(CCNC(C)C)c4cc(OC)cc(OC)c4)cc3n2)cn1. The Kier molecular flexibility index (Phi) is 10.5. The van der Waals surface area contributed by atoms with Crippen LogP contribution < -0.4 is 19.7 Å². The van der Waals surface area contributed by atoms with Gasteiger partial charge in [0.1, 0.15) is 11.5 Å². The molecule has 0 bridgehead atoms. The number of nitrogens with zero attached hydrogens (tertiary/aromatic N) is 5. The average Bonchev–Trinajstić information content (AvgIpc) is 3.47. The van der Waals surface area contributed by atoms with Gasteiger partial charge in [-0.25, -0.2) is 4.98 Å². The highest BCUT2D eigenvalue weighted by Gasteiger charge is 2.15. The van der Waals surface area contributed by atoms with E-state index >= 15 is 0 Å². The van der Waals surface area contributed by atoms with E-state index in [2.05, 4.69) is 46.3 Å². The molecule has 0 radical (unpaired) electrons. The van der Waals surface area contributed by atoms with Gasteiger partial charge < -0.3 is 24.4 Å². The molecule has 0 aliphatic carbocycles. The van der Waals surface area contributed by atoms with Gasteiger partial charge in [-0.05, 0) is 31.0 Å². The number of anilines is 2. The van der Waals surface area contributed by atoms with E-state index in [1.54, 1.807) is 20.4 Å². The Labute approximate surface area is 241 Å². The Balaban J connectivity index is 1.56. The number of methoxy groups -OCH3 is 3. The summed E-state index contributed by atoms with van der Waals surface area (Å²) in [5.74, 6) is 1.29.